The quantitative estimate of drug-likeness (QED) is 0.839. The van der Waals surface area contributed by atoms with Crippen LogP contribution in [0.2, 0.25) is 0 Å². The Morgan fingerprint density at radius 3 is 3.12 bits per heavy atom. The molecule has 1 fully saturated rings. The average molecular weight is 366 g/mol. The number of nitrogens with one attached hydrogen (secondary N) is 1. The van der Waals surface area contributed by atoms with Crippen LogP contribution < -0.4 is 5.32 Å². The number of rotatable bonds is 6. The lowest BCUT2D eigenvalue weighted by molar-refractivity contribution is -0.119. The lowest BCUT2D eigenvalue weighted by atomic mass is 9.78. The van der Waals surface area contributed by atoms with Gasteiger partial charge in [-0.2, -0.15) is 4.98 Å². The molecule has 2 aromatic heterocycles. The van der Waals surface area contributed by atoms with Crippen LogP contribution in [-0.4, -0.2) is 27.8 Å². The first-order valence-electron chi connectivity index (χ1n) is 8.37. The zero-order valence-electron chi connectivity index (χ0n) is 14.0. The fourth-order valence-corrected chi connectivity index (χ4v) is 4.40. The molecule has 2 aromatic rings. The molecule has 1 aliphatic carbocycles. The highest BCUT2D eigenvalue weighted by atomic mass is 32.2. The highest BCUT2D eigenvalue weighted by Gasteiger charge is 2.27. The summed E-state index contributed by atoms with van der Waals surface area (Å²) in [6, 6.07) is 4.24. The Labute approximate surface area is 150 Å². The van der Waals surface area contributed by atoms with Gasteiger partial charge in [0.05, 0.1) is 16.4 Å². The molecule has 0 spiro atoms. The van der Waals surface area contributed by atoms with Crippen LogP contribution in [-0.2, 0) is 10.5 Å². The second kappa shape index (κ2) is 8.16. The topological polar surface area (TPSA) is 68.0 Å². The summed E-state index contributed by atoms with van der Waals surface area (Å²) in [5.74, 6) is 3.51. The van der Waals surface area contributed by atoms with Gasteiger partial charge in [-0.15, -0.1) is 23.1 Å². The van der Waals surface area contributed by atoms with Gasteiger partial charge >= 0.3 is 0 Å². The molecule has 1 amide bonds. The molecule has 1 saturated carbocycles. The van der Waals surface area contributed by atoms with E-state index < -0.39 is 0 Å². The minimum absolute atomic E-state index is 0.101. The molecular weight excluding hydrogens is 342 g/mol. The maximum atomic E-state index is 12.1. The molecule has 0 aromatic carbocycles. The van der Waals surface area contributed by atoms with Crippen LogP contribution in [0.4, 0.5) is 0 Å². The van der Waals surface area contributed by atoms with E-state index in [1.807, 2.05) is 17.5 Å². The van der Waals surface area contributed by atoms with E-state index in [9.17, 15) is 4.79 Å². The Morgan fingerprint density at radius 1 is 1.46 bits per heavy atom. The van der Waals surface area contributed by atoms with Crippen molar-refractivity contribution in [2.24, 2.45) is 11.8 Å². The number of thioether (sulfide) groups is 1. The van der Waals surface area contributed by atoms with Crippen LogP contribution >= 0.6 is 23.1 Å². The fraction of sp³-hybridized carbons (Fsp3) is 0.588. The molecule has 2 heterocycles. The second-order valence-corrected chi connectivity index (χ2v) is 8.36. The molecule has 3 atom stereocenters. The van der Waals surface area contributed by atoms with E-state index in [0.717, 1.165) is 11.3 Å². The van der Waals surface area contributed by atoms with Crippen LogP contribution in [0.25, 0.3) is 10.7 Å². The maximum Gasteiger partial charge on any atom is 0.236 e. The van der Waals surface area contributed by atoms with Gasteiger partial charge in [0.25, 0.3) is 0 Å². The number of carbonyl (C=O) groups is 1. The summed E-state index contributed by atoms with van der Waals surface area (Å²) in [6.07, 6.45) is 3.57. The predicted octanol–water partition coefficient (Wildman–Crippen LogP) is 3.97. The predicted molar refractivity (Wildman–Crippen MR) is 97.9 cm³/mol. The Morgan fingerprint density at radius 2 is 2.33 bits per heavy atom. The van der Waals surface area contributed by atoms with E-state index in [0.29, 0.717) is 41.1 Å². The number of carbonyl (C=O) groups excluding carboxylic acids is 1. The van der Waals surface area contributed by atoms with Crippen molar-refractivity contribution in [3.05, 3.63) is 23.4 Å². The molecule has 3 unspecified atom stereocenters. The van der Waals surface area contributed by atoms with Crippen LogP contribution in [0.3, 0.4) is 0 Å². The lowest BCUT2D eigenvalue weighted by Gasteiger charge is -2.34. The number of thiophene rings is 1. The van der Waals surface area contributed by atoms with Gasteiger partial charge in [-0.1, -0.05) is 37.9 Å². The molecule has 0 radical (unpaired) electrons. The number of amides is 1. The minimum Gasteiger partial charge on any atom is -0.352 e. The Bertz CT molecular complexity index is 657. The Hall–Kier alpha value is -1.34. The number of aromatic nitrogens is 2. The van der Waals surface area contributed by atoms with E-state index in [4.69, 9.17) is 4.52 Å². The van der Waals surface area contributed by atoms with Crippen molar-refractivity contribution in [3.8, 4) is 10.7 Å². The lowest BCUT2D eigenvalue weighted by Crippen LogP contribution is -2.44. The maximum absolute atomic E-state index is 12.1. The largest absolute Gasteiger partial charge is 0.352 e. The van der Waals surface area contributed by atoms with Gasteiger partial charge in [-0.3, -0.25) is 4.79 Å². The molecule has 7 heteroatoms. The molecule has 0 aliphatic heterocycles. The summed E-state index contributed by atoms with van der Waals surface area (Å²) in [5, 5.41) is 9.15. The molecule has 5 nitrogen and oxygen atoms in total. The van der Waals surface area contributed by atoms with Gasteiger partial charge < -0.3 is 9.84 Å². The SMILES string of the molecule is CC1CCCC(NC(=O)CSCc2nc(-c3cccs3)no2)C1C. The molecular formula is C17H23N3O2S2. The monoisotopic (exact) mass is 365 g/mol. The van der Waals surface area contributed by atoms with Gasteiger partial charge in [0, 0.05) is 6.04 Å². The summed E-state index contributed by atoms with van der Waals surface area (Å²) in [5.41, 5.74) is 0. The number of nitrogens with zero attached hydrogens (tertiary/aromatic N) is 2. The molecule has 3 rings (SSSR count). The fourth-order valence-electron chi connectivity index (χ4n) is 3.08. The van der Waals surface area contributed by atoms with Crippen molar-refractivity contribution in [2.45, 2.75) is 44.9 Å². The standard InChI is InChI=1S/C17H23N3O2S2/c1-11-5-3-6-13(12(11)2)18-15(21)9-23-10-16-19-17(20-22-16)14-7-4-8-24-14/h4,7-8,11-13H,3,5-6,9-10H2,1-2H3,(H,18,21). The van der Waals surface area contributed by atoms with Gasteiger partial charge in [0.2, 0.25) is 17.6 Å². The smallest absolute Gasteiger partial charge is 0.236 e. The number of hydrogen-bond acceptors (Lipinski definition) is 6. The zero-order valence-corrected chi connectivity index (χ0v) is 15.7. The van der Waals surface area contributed by atoms with Crippen molar-refractivity contribution in [2.75, 3.05) is 5.75 Å². The van der Waals surface area contributed by atoms with Crippen LogP contribution in [0, 0.1) is 11.8 Å². The summed E-state index contributed by atoms with van der Waals surface area (Å²) in [7, 11) is 0. The van der Waals surface area contributed by atoms with E-state index in [1.165, 1.54) is 24.6 Å². The van der Waals surface area contributed by atoms with Crippen molar-refractivity contribution < 1.29 is 9.32 Å². The van der Waals surface area contributed by atoms with Crippen LogP contribution in [0.5, 0.6) is 0 Å². The third-order valence-electron chi connectivity index (χ3n) is 4.72. The molecule has 24 heavy (non-hydrogen) atoms. The summed E-state index contributed by atoms with van der Waals surface area (Å²) in [6.45, 7) is 4.52. The van der Waals surface area contributed by atoms with E-state index in [1.54, 1.807) is 11.3 Å². The molecule has 0 bridgehead atoms. The third-order valence-corrected chi connectivity index (χ3v) is 6.50. The first-order valence-corrected chi connectivity index (χ1v) is 10.4. The van der Waals surface area contributed by atoms with Gasteiger partial charge in [-0.05, 0) is 29.7 Å². The average Bonchev–Trinajstić information content (AvgIpc) is 3.23. The first-order chi connectivity index (χ1) is 11.6. The minimum atomic E-state index is 0.101. The number of hydrogen-bond donors (Lipinski definition) is 1. The Kier molecular flexibility index (Phi) is 5.94. The van der Waals surface area contributed by atoms with Crippen molar-refractivity contribution in [3.63, 3.8) is 0 Å². The molecule has 1 N–H and O–H groups in total. The normalized spacial score (nSPS) is 24.0. The van der Waals surface area contributed by atoms with Gasteiger partial charge in [-0.25, -0.2) is 0 Å². The second-order valence-electron chi connectivity index (χ2n) is 6.42. The zero-order chi connectivity index (χ0) is 16.9. The molecule has 1 aliphatic rings. The van der Waals surface area contributed by atoms with Crippen LogP contribution in [0.1, 0.15) is 39.0 Å². The van der Waals surface area contributed by atoms with E-state index in [-0.39, 0.29) is 5.91 Å². The third kappa shape index (κ3) is 4.39. The van der Waals surface area contributed by atoms with E-state index in [2.05, 4.69) is 29.3 Å². The molecule has 130 valence electrons. The van der Waals surface area contributed by atoms with Crippen LogP contribution in [0.15, 0.2) is 22.0 Å². The van der Waals surface area contributed by atoms with Gasteiger partial charge in [0.15, 0.2) is 0 Å². The summed E-state index contributed by atoms with van der Waals surface area (Å²) >= 11 is 3.09. The highest BCUT2D eigenvalue weighted by Crippen LogP contribution is 2.29. The molecule has 0 saturated heterocycles. The van der Waals surface area contributed by atoms with Crippen molar-refractivity contribution >= 4 is 29.0 Å². The highest BCUT2D eigenvalue weighted by molar-refractivity contribution is 7.99. The first kappa shape index (κ1) is 17.5. The Balaban J connectivity index is 1.42. The van der Waals surface area contributed by atoms with Crippen molar-refractivity contribution in [1.29, 1.82) is 0 Å². The van der Waals surface area contributed by atoms with E-state index >= 15 is 0 Å². The van der Waals surface area contributed by atoms with Crippen molar-refractivity contribution in [1.82, 2.24) is 15.5 Å². The summed E-state index contributed by atoms with van der Waals surface area (Å²) < 4.78 is 5.24. The summed E-state index contributed by atoms with van der Waals surface area (Å²) in [4.78, 5) is 17.5. The van der Waals surface area contributed by atoms with Gasteiger partial charge in [0.1, 0.15) is 0 Å².